The number of thioether (sulfide) groups is 1. The molecule has 0 aliphatic carbocycles. The first-order valence-electron chi connectivity index (χ1n) is 9.09. The van der Waals surface area contributed by atoms with Gasteiger partial charge in [0.2, 0.25) is 0 Å². The summed E-state index contributed by atoms with van der Waals surface area (Å²) in [6, 6.07) is 12.5. The van der Waals surface area contributed by atoms with E-state index in [9.17, 15) is 9.59 Å². The van der Waals surface area contributed by atoms with Crippen molar-refractivity contribution in [1.82, 2.24) is 0 Å². The molecule has 3 rings (SSSR count). The summed E-state index contributed by atoms with van der Waals surface area (Å²) >= 11 is 7.68. The third-order valence-electron chi connectivity index (χ3n) is 4.29. The summed E-state index contributed by atoms with van der Waals surface area (Å²) in [5, 5.41) is 3.09. The molecule has 7 heteroatoms. The van der Waals surface area contributed by atoms with E-state index in [1.54, 1.807) is 36.0 Å². The van der Waals surface area contributed by atoms with Gasteiger partial charge in [0.05, 0.1) is 22.4 Å². The van der Waals surface area contributed by atoms with Gasteiger partial charge in [-0.25, -0.2) is 4.79 Å². The summed E-state index contributed by atoms with van der Waals surface area (Å²) in [5.74, 6) is -0.180. The highest BCUT2D eigenvalue weighted by Gasteiger charge is 2.19. The van der Waals surface area contributed by atoms with E-state index in [0.717, 1.165) is 35.7 Å². The Morgan fingerprint density at radius 1 is 1.29 bits per heavy atom. The SMILES string of the molecule is Cc1ccc(NC(=O)COC(=O)c2ccccc2SC[C@H]2CCCO2)c(Cl)c1. The molecule has 28 heavy (non-hydrogen) atoms. The molecular formula is C21H22ClNO4S. The maximum atomic E-state index is 12.5. The second-order valence-electron chi connectivity index (χ2n) is 6.55. The van der Waals surface area contributed by atoms with Crippen molar-refractivity contribution in [3.8, 4) is 0 Å². The zero-order valence-corrected chi connectivity index (χ0v) is 17.1. The minimum absolute atomic E-state index is 0.221. The number of hydrogen-bond donors (Lipinski definition) is 1. The number of benzene rings is 2. The molecule has 1 heterocycles. The van der Waals surface area contributed by atoms with Crippen molar-refractivity contribution in [1.29, 1.82) is 0 Å². The fourth-order valence-electron chi connectivity index (χ4n) is 2.84. The Morgan fingerprint density at radius 3 is 2.86 bits per heavy atom. The monoisotopic (exact) mass is 419 g/mol. The zero-order valence-electron chi connectivity index (χ0n) is 15.6. The summed E-state index contributed by atoms with van der Waals surface area (Å²) in [7, 11) is 0. The van der Waals surface area contributed by atoms with Crippen molar-refractivity contribution in [3.63, 3.8) is 0 Å². The van der Waals surface area contributed by atoms with Crippen molar-refractivity contribution in [2.45, 2.75) is 30.8 Å². The zero-order chi connectivity index (χ0) is 19.9. The summed E-state index contributed by atoms with van der Waals surface area (Å²) < 4.78 is 10.8. The molecule has 1 saturated heterocycles. The van der Waals surface area contributed by atoms with Gasteiger partial charge in [-0.15, -0.1) is 11.8 Å². The van der Waals surface area contributed by atoms with Crippen LogP contribution >= 0.6 is 23.4 Å². The van der Waals surface area contributed by atoms with Crippen LogP contribution < -0.4 is 5.32 Å². The lowest BCUT2D eigenvalue weighted by Crippen LogP contribution is -2.21. The van der Waals surface area contributed by atoms with Gasteiger partial charge < -0.3 is 14.8 Å². The number of amides is 1. The molecule has 1 amide bonds. The van der Waals surface area contributed by atoms with Crippen molar-refractivity contribution >= 4 is 40.9 Å². The highest BCUT2D eigenvalue weighted by Crippen LogP contribution is 2.27. The number of nitrogens with one attached hydrogen (secondary N) is 1. The van der Waals surface area contributed by atoms with Crippen LogP contribution in [0.3, 0.4) is 0 Å². The van der Waals surface area contributed by atoms with Crippen molar-refractivity contribution in [2.24, 2.45) is 0 Å². The predicted octanol–water partition coefficient (Wildman–Crippen LogP) is 4.72. The second-order valence-corrected chi connectivity index (χ2v) is 8.02. The van der Waals surface area contributed by atoms with E-state index in [-0.39, 0.29) is 12.7 Å². The summed E-state index contributed by atoms with van der Waals surface area (Å²) in [6.45, 7) is 2.33. The normalized spacial score (nSPS) is 16.0. The molecule has 1 aliphatic rings. The van der Waals surface area contributed by atoms with E-state index in [4.69, 9.17) is 21.1 Å². The minimum Gasteiger partial charge on any atom is -0.452 e. The number of esters is 1. The molecule has 0 bridgehead atoms. The van der Waals surface area contributed by atoms with Crippen molar-refractivity contribution in [3.05, 3.63) is 58.6 Å². The Kier molecular flexibility index (Phi) is 7.36. The molecule has 1 N–H and O–H groups in total. The number of hydrogen-bond acceptors (Lipinski definition) is 5. The molecular weight excluding hydrogens is 398 g/mol. The van der Waals surface area contributed by atoms with Gasteiger partial charge >= 0.3 is 5.97 Å². The molecule has 2 aromatic carbocycles. The second kappa shape index (κ2) is 9.96. The summed E-state index contributed by atoms with van der Waals surface area (Å²) in [5.41, 5.74) is 1.93. The third-order valence-corrected chi connectivity index (χ3v) is 5.81. The molecule has 1 fully saturated rings. The van der Waals surface area contributed by atoms with Gasteiger partial charge in [0.25, 0.3) is 5.91 Å². The molecule has 1 aliphatic heterocycles. The molecule has 5 nitrogen and oxygen atoms in total. The lowest BCUT2D eigenvalue weighted by atomic mass is 10.2. The molecule has 1 atom stereocenters. The van der Waals surface area contributed by atoms with Crippen LogP contribution in [0.15, 0.2) is 47.4 Å². The maximum absolute atomic E-state index is 12.5. The number of halogens is 1. The lowest BCUT2D eigenvalue weighted by molar-refractivity contribution is -0.119. The third kappa shape index (κ3) is 5.74. The van der Waals surface area contributed by atoms with Gasteiger partial charge in [0.1, 0.15) is 0 Å². The molecule has 148 valence electrons. The number of ether oxygens (including phenoxy) is 2. The molecule has 0 aromatic heterocycles. The smallest absolute Gasteiger partial charge is 0.339 e. The van der Waals surface area contributed by atoms with Gasteiger partial charge in [-0.2, -0.15) is 0 Å². The lowest BCUT2D eigenvalue weighted by Gasteiger charge is -2.12. The van der Waals surface area contributed by atoms with Crippen LogP contribution in [0.4, 0.5) is 5.69 Å². The molecule has 0 unspecified atom stereocenters. The first-order chi connectivity index (χ1) is 13.5. The van der Waals surface area contributed by atoms with Crippen LogP contribution in [0, 0.1) is 6.92 Å². The molecule has 0 spiro atoms. The van der Waals surface area contributed by atoms with Gasteiger partial charge in [-0.05, 0) is 49.6 Å². The Bertz CT molecular complexity index is 852. The van der Waals surface area contributed by atoms with Crippen LogP contribution in [0.25, 0.3) is 0 Å². The Morgan fingerprint density at radius 2 is 2.11 bits per heavy atom. The van der Waals surface area contributed by atoms with E-state index in [0.29, 0.717) is 16.3 Å². The molecule has 0 saturated carbocycles. The predicted molar refractivity (Wildman–Crippen MR) is 111 cm³/mol. The standard InChI is InChI=1S/C21H22ClNO4S/c1-14-8-9-18(17(22)11-14)23-20(24)12-27-21(25)16-6-2-3-7-19(16)28-13-15-5-4-10-26-15/h2-3,6-9,11,15H,4-5,10,12-13H2,1H3,(H,23,24)/t15-/m1/s1. The fraction of sp³-hybridized carbons (Fsp3) is 0.333. The number of carbonyl (C=O) groups is 2. The highest BCUT2D eigenvalue weighted by atomic mass is 35.5. The number of aryl methyl sites for hydroxylation is 1. The number of carbonyl (C=O) groups excluding carboxylic acids is 2. The van der Waals surface area contributed by atoms with Crippen LogP contribution in [0.5, 0.6) is 0 Å². The van der Waals surface area contributed by atoms with Crippen LogP contribution in [-0.2, 0) is 14.3 Å². The topological polar surface area (TPSA) is 64.6 Å². The molecule has 2 aromatic rings. The molecule has 0 radical (unpaired) electrons. The quantitative estimate of drug-likeness (QED) is 0.519. The highest BCUT2D eigenvalue weighted by molar-refractivity contribution is 7.99. The number of anilines is 1. The van der Waals surface area contributed by atoms with E-state index in [1.165, 1.54) is 0 Å². The summed E-state index contributed by atoms with van der Waals surface area (Å²) in [6.07, 6.45) is 2.34. The average molecular weight is 420 g/mol. The van der Waals surface area contributed by atoms with E-state index in [1.807, 2.05) is 25.1 Å². The minimum atomic E-state index is -0.527. The number of rotatable bonds is 7. The first-order valence-corrected chi connectivity index (χ1v) is 10.5. The van der Waals surface area contributed by atoms with Crippen molar-refractivity contribution in [2.75, 3.05) is 24.3 Å². The Hall–Kier alpha value is -2.02. The van der Waals surface area contributed by atoms with Gasteiger partial charge in [-0.3, -0.25) is 4.79 Å². The van der Waals surface area contributed by atoms with Gasteiger partial charge in [0.15, 0.2) is 6.61 Å². The van der Waals surface area contributed by atoms with E-state index >= 15 is 0 Å². The maximum Gasteiger partial charge on any atom is 0.339 e. The van der Waals surface area contributed by atoms with Crippen LogP contribution in [0.1, 0.15) is 28.8 Å². The van der Waals surface area contributed by atoms with E-state index < -0.39 is 11.9 Å². The average Bonchev–Trinajstić information content (AvgIpc) is 3.20. The van der Waals surface area contributed by atoms with Crippen LogP contribution in [-0.4, -0.2) is 36.9 Å². The Balaban J connectivity index is 1.54. The van der Waals surface area contributed by atoms with Gasteiger partial charge in [-0.1, -0.05) is 29.8 Å². The fourth-order valence-corrected chi connectivity index (χ4v) is 4.23. The summed E-state index contributed by atoms with van der Waals surface area (Å²) in [4.78, 5) is 25.4. The van der Waals surface area contributed by atoms with Gasteiger partial charge in [0, 0.05) is 17.3 Å². The largest absolute Gasteiger partial charge is 0.452 e. The Labute approximate surface area is 173 Å². The van der Waals surface area contributed by atoms with E-state index in [2.05, 4.69) is 5.32 Å². The van der Waals surface area contributed by atoms with Crippen molar-refractivity contribution < 1.29 is 19.1 Å². The van der Waals surface area contributed by atoms with Crippen LogP contribution in [0.2, 0.25) is 5.02 Å². The first kappa shape index (κ1) is 20.7.